The predicted octanol–water partition coefficient (Wildman–Crippen LogP) is 3.32. The van der Waals surface area contributed by atoms with E-state index in [1.807, 2.05) is 60.7 Å². The lowest BCUT2D eigenvalue weighted by Gasteiger charge is -1.96. The van der Waals surface area contributed by atoms with Crippen molar-refractivity contribution >= 4 is 11.9 Å². The van der Waals surface area contributed by atoms with Crippen molar-refractivity contribution in [3.05, 3.63) is 77.9 Å². The standard InChI is InChI=1S/C15H12O/c16-15-11-9-14(10-12-15)8-4-7-13-5-2-1-3-6-13/h1-12H/b7-4+. The van der Waals surface area contributed by atoms with Gasteiger partial charge in [-0.15, -0.1) is 0 Å². The largest absolute Gasteiger partial charge is 0.290 e. The second-order valence-corrected chi connectivity index (χ2v) is 3.51. The lowest BCUT2D eigenvalue weighted by atomic mass is 10.1. The van der Waals surface area contributed by atoms with Gasteiger partial charge in [0.1, 0.15) is 0 Å². The van der Waals surface area contributed by atoms with Gasteiger partial charge in [-0.1, -0.05) is 60.7 Å². The second kappa shape index (κ2) is 5.08. The summed E-state index contributed by atoms with van der Waals surface area (Å²) in [6, 6.07) is 10.1. The van der Waals surface area contributed by atoms with Crippen LogP contribution in [0, 0.1) is 0 Å². The van der Waals surface area contributed by atoms with E-state index in [0.717, 1.165) is 5.57 Å². The Labute approximate surface area is 95.1 Å². The topological polar surface area (TPSA) is 17.1 Å². The Balaban J connectivity index is 2.05. The summed E-state index contributed by atoms with van der Waals surface area (Å²) in [6.07, 6.45) is 12.8. The first-order chi connectivity index (χ1) is 7.84. The third-order valence-corrected chi connectivity index (χ3v) is 2.26. The molecule has 1 nitrogen and oxygen atoms in total. The molecule has 78 valence electrons. The fourth-order valence-corrected chi connectivity index (χ4v) is 1.41. The molecule has 0 radical (unpaired) electrons. The van der Waals surface area contributed by atoms with E-state index in [2.05, 4.69) is 0 Å². The van der Waals surface area contributed by atoms with Gasteiger partial charge < -0.3 is 0 Å². The summed E-state index contributed by atoms with van der Waals surface area (Å²) in [7, 11) is 0. The van der Waals surface area contributed by atoms with E-state index >= 15 is 0 Å². The number of hydrogen-bond acceptors (Lipinski definition) is 1. The molecule has 0 bridgehead atoms. The molecule has 0 fully saturated rings. The van der Waals surface area contributed by atoms with Gasteiger partial charge in [0.2, 0.25) is 0 Å². The number of hydrogen-bond donors (Lipinski definition) is 0. The molecule has 0 saturated heterocycles. The van der Waals surface area contributed by atoms with Crippen LogP contribution in [-0.4, -0.2) is 5.78 Å². The molecule has 0 atom stereocenters. The normalized spacial score (nSPS) is 14.8. The van der Waals surface area contributed by atoms with Gasteiger partial charge in [-0.25, -0.2) is 0 Å². The van der Waals surface area contributed by atoms with Crippen molar-refractivity contribution in [2.24, 2.45) is 0 Å². The molecule has 0 heterocycles. The molecule has 0 spiro atoms. The van der Waals surface area contributed by atoms with Crippen molar-refractivity contribution in [2.45, 2.75) is 0 Å². The minimum absolute atomic E-state index is 0.0455. The van der Waals surface area contributed by atoms with E-state index in [1.54, 1.807) is 12.2 Å². The fraction of sp³-hybridized carbons (Fsp3) is 0. The SMILES string of the molecule is O=C1C=CC(=C/C=C/c2ccccc2)C=C1. The highest BCUT2D eigenvalue weighted by Gasteiger charge is 1.95. The Kier molecular flexibility index (Phi) is 3.29. The van der Waals surface area contributed by atoms with Crippen molar-refractivity contribution in [3.8, 4) is 0 Å². The first-order valence-corrected chi connectivity index (χ1v) is 5.18. The first-order valence-electron chi connectivity index (χ1n) is 5.18. The smallest absolute Gasteiger partial charge is 0.178 e. The Morgan fingerprint density at radius 3 is 2.25 bits per heavy atom. The van der Waals surface area contributed by atoms with E-state index in [9.17, 15) is 4.79 Å². The Bertz CT molecular complexity index is 469. The van der Waals surface area contributed by atoms with Gasteiger partial charge in [-0.2, -0.15) is 0 Å². The van der Waals surface area contributed by atoms with Gasteiger partial charge in [0, 0.05) is 0 Å². The molecule has 0 aliphatic heterocycles. The van der Waals surface area contributed by atoms with Gasteiger partial charge >= 0.3 is 0 Å². The van der Waals surface area contributed by atoms with Crippen molar-refractivity contribution < 1.29 is 4.79 Å². The van der Waals surface area contributed by atoms with Crippen LogP contribution in [0.1, 0.15) is 5.56 Å². The number of carbonyl (C=O) groups is 1. The second-order valence-electron chi connectivity index (χ2n) is 3.51. The number of ketones is 1. The summed E-state index contributed by atoms with van der Waals surface area (Å²) in [5.41, 5.74) is 2.20. The average molecular weight is 208 g/mol. The highest BCUT2D eigenvalue weighted by molar-refractivity contribution is 6.01. The van der Waals surface area contributed by atoms with Gasteiger partial charge in [0.05, 0.1) is 0 Å². The summed E-state index contributed by atoms with van der Waals surface area (Å²) in [5, 5.41) is 0. The van der Waals surface area contributed by atoms with Gasteiger partial charge in [-0.05, 0) is 23.3 Å². The molecule has 1 aromatic carbocycles. The number of carbonyl (C=O) groups excluding carboxylic acids is 1. The molecule has 1 aliphatic carbocycles. The van der Waals surface area contributed by atoms with E-state index in [0.29, 0.717) is 0 Å². The minimum atomic E-state index is 0.0455. The number of allylic oxidation sites excluding steroid dienone is 7. The van der Waals surface area contributed by atoms with Crippen LogP contribution in [0.2, 0.25) is 0 Å². The van der Waals surface area contributed by atoms with Gasteiger partial charge in [-0.3, -0.25) is 4.79 Å². The maximum atomic E-state index is 10.9. The molecular weight excluding hydrogens is 196 g/mol. The van der Waals surface area contributed by atoms with Crippen molar-refractivity contribution in [1.29, 1.82) is 0 Å². The third kappa shape index (κ3) is 2.92. The predicted molar refractivity (Wildman–Crippen MR) is 66.8 cm³/mol. The Morgan fingerprint density at radius 1 is 0.875 bits per heavy atom. The van der Waals surface area contributed by atoms with E-state index in [-0.39, 0.29) is 5.78 Å². The molecule has 0 unspecified atom stereocenters. The van der Waals surface area contributed by atoms with Crippen LogP contribution < -0.4 is 0 Å². The lowest BCUT2D eigenvalue weighted by Crippen LogP contribution is -1.90. The van der Waals surface area contributed by atoms with Crippen LogP contribution in [-0.2, 0) is 4.79 Å². The van der Waals surface area contributed by atoms with E-state index < -0.39 is 0 Å². The molecule has 16 heavy (non-hydrogen) atoms. The van der Waals surface area contributed by atoms with Crippen molar-refractivity contribution in [1.82, 2.24) is 0 Å². The van der Waals surface area contributed by atoms with Crippen LogP contribution in [0.15, 0.2) is 72.4 Å². The number of benzene rings is 1. The van der Waals surface area contributed by atoms with Crippen LogP contribution in [0.5, 0.6) is 0 Å². The first kappa shape index (κ1) is 10.4. The quantitative estimate of drug-likeness (QED) is 0.728. The molecule has 0 saturated carbocycles. The maximum Gasteiger partial charge on any atom is 0.178 e. The summed E-state index contributed by atoms with van der Waals surface area (Å²) in [4.78, 5) is 10.9. The highest BCUT2D eigenvalue weighted by Crippen LogP contribution is 2.07. The fourth-order valence-electron chi connectivity index (χ4n) is 1.41. The van der Waals surface area contributed by atoms with Crippen molar-refractivity contribution in [2.75, 3.05) is 0 Å². The molecule has 1 aliphatic rings. The van der Waals surface area contributed by atoms with Crippen LogP contribution in [0.4, 0.5) is 0 Å². The summed E-state index contributed by atoms with van der Waals surface area (Å²) < 4.78 is 0. The third-order valence-electron chi connectivity index (χ3n) is 2.26. The van der Waals surface area contributed by atoms with Gasteiger partial charge in [0.25, 0.3) is 0 Å². The molecule has 0 N–H and O–H groups in total. The minimum Gasteiger partial charge on any atom is -0.290 e. The van der Waals surface area contributed by atoms with Crippen molar-refractivity contribution in [3.63, 3.8) is 0 Å². The zero-order valence-corrected chi connectivity index (χ0v) is 8.84. The number of rotatable bonds is 2. The van der Waals surface area contributed by atoms with Crippen LogP contribution in [0.25, 0.3) is 6.08 Å². The summed E-state index contributed by atoms with van der Waals surface area (Å²) in [6.45, 7) is 0. The molecule has 1 aromatic rings. The van der Waals surface area contributed by atoms with E-state index in [1.165, 1.54) is 5.56 Å². The Morgan fingerprint density at radius 2 is 1.56 bits per heavy atom. The van der Waals surface area contributed by atoms with Gasteiger partial charge in [0.15, 0.2) is 5.78 Å². The molecule has 1 heteroatoms. The summed E-state index contributed by atoms with van der Waals surface area (Å²) in [5.74, 6) is 0.0455. The average Bonchev–Trinajstić information content (AvgIpc) is 2.33. The molecule has 2 rings (SSSR count). The summed E-state index contributed by atoms with van der Waals surface area (Å²) >= 11 is 0. The molecule has 0 amide bonds. The van der Waals surface area contributed by atoms with E-state index in [4.69, 9.17) is 0 Å². The zero-order chi connectivity index (χ0) is 11.2. The maximum absolute atomic E-state index is 10.9. The monoisotopic (exact) mass is 208 g/mol. The highest BCUT2D eigenvalue weighted by atomic mass is 16.1. The molecule has 0 aromatic heterocycles. The van der Waals surface area contributed by atoms with Crippen LogP contribution in [0.3, 0.4) is 0 Å². The Hall–Kier alpha value is -2.15. The molecular formula is C15H12O. The zero-order valence-electron chi connectivity index (χ0n) is 8.84. The van der Waals surface area contributed by atoms with Crippen LogP contribution >= 0.6 is 0 Å². The lowest BCUT2D eigenvalue weighted by molar-refractivity contribution is -0.110.